The highest BCUT2D eigenvalue weighted by Crippen LogP contribution is 2.44. The second-order valence-corrected chi connectivity index (χ2v) is 5.40. The minimum atomic E-state index is 0.320. The van der Waals surface area contributed by atoms with E-state index in [1.807, 2.05) is 6.07 Å². The van der Waals surface area contributed by atoms with Gasteiger partial charge in [0.15, 0.2) is 0 Å². The van der Waals surface area contributed by atoms with Crippen molar-refractivity contribution in [3.8, 4) is 11.1 Å². The molecule has 0 atom stereocenters. The van der Waals surface area contributed by atoms with Gasteiger partial charge in [0.2, 0.25) is 5.88 Å². The predicted octanol–water partition coefficient (Wildman–Crippen LogP) is 4.50. The molecule has 1 fully saturated rings. The van der Waals surface area contributed by atoms with Crippen LogP contribution in [0.25, 0.3) is 11.1 Å². The number of hydrogen-bond donors (Lipinski definition) is 1. The Hall–Kier alpha value is -1.19. The number of hydrogen-bond acceptors (Lipinski definition) is 3. The molecule has 3 rings (SSSR count). The Balaban J connectivity index is 2.12. The molecule has 1 heterocycles. The van der Waals surface area contributed by atoms with Crippen LogP contribution in [0.1, 0.15) is 30.9 Å². The maximum absolute atomic E-state index is 6.22. The van der Waals surface area contributed by atoms with Crippen molar-refractivity contribution in [1.29, 1.82) is 0 Å². The summed E-state index contributed by atoms with van der Waals surface area (Å²) < 4.78 is 5.13. The predicted molar refractivity (Wildman–Crippen MR) is 73.0 cm³/mol. The van der Waals surface area contributed by atoms with Crippen LogP contribution in [0.2, 0.25) is 10.0 Å². The standard InChI is InChI=1S/C13H12Cl2N2O/c14-8-4-5-9(10(15)6-8)11-12(7-2-1-3-7)17-18-13(11)16/h4-7H,1-3,16H2. The van der Waals surface area contributed by atoms with Crippen molar-refractivity contribution in [2.75, 3.05) is 5.73 Å². The van der Waals surface area contributed by atoms with Crippen LogP contribution in [0, 0.1) is 0 Å². The second kappa shape index (κ2) is 4.48. The van der Waals surface area contributed by atoms with Crippen molar-refractivity contribution in [1.82, 2.24) is 5.16 Å². The van der Waals surface area contributed by atoms with Crippen LogP contribution in [-0.2, 0) is 0 Å². The van der Waals surface area contributed by atoms with Crippen molar-refractivity contribution < 1.29 is 4.52 Å². The summed E-state index contributed by atoms with van der Waals surface area (Å²) in [6.45, 7) is 0. The first-order chi connectivity index (χ1) is 8.66. The van der Waals surface area contributed by atoms with Crippen molar-refractivity contribution in [2.24, 2.45) is 0 Å². The van der Waals surface area contributed by atoms with Gasteiger partial charge in [-0.3, -0.25) is 0 Å². The Morgan fingerprint density at radius 1 is 1.28 bits per heavy atom. The molecule has 0 amide bonds. The number of nitrogens with zero attached hydrogens (tertiary/aromatic N) is 1. The van der Waals surface area contributed by atoms with E-state index in [9.17, 15) is 0 Å². The quantitative estimate of drug-likeness (QED) is 0.882. The molecule has 5 heteroatoms. The van der Waals surface area contributed by atoms with E-state index in [-0.39, 0.29) is 0 Å². The van der Waals surface area contributed by atoms with E-state index >= 15 is 0 Å². The molecule has 0 unspecified atom stereocenters. The highest BCUT2D eigenvalue weighted by atomic mass is 35.5. The molecule has 94 valence electrons. The molecule has 3 nitrogen and oxygen atoms in total. The smallest absolute Gasteiger partial charge is 0.230 e. The van der Waals surface area contributed by atoms with Crippen LogP contribution in [-0.4, -0.2) is 5.16 Å². The Bertz CT molecular complexity index is 591. The van der Waals surface area contributed by atoms with Gasteiger partial charge in [-0.05, 0) is 25.0 Å². The van der Waals surface area contributed by atoms with Crippen LogP contribution < -0.4 is 5.73 Å². The summed E-state index contributed by atoms with van der Waals surface area (Å²) in [5.41, 5.74) is 8.45. The number of anilines is 1. The normalized spacial score (nSPS) is 15.7. The minimum absolute atomic E-state index is 0.320. The molecule has 0 saturated heterocycles. The highest BCUT2D eigenvalue weighted by molar-refractivity contribution is 6.36. The maximum Gasteiger partial charge on any atom is 0.230 e. The molecular weight excluding hydrogens is 271 g/mol. The Morgan fingerprint density at radius 2 is 2.06 bits per heavy atom. The fraction of sp³-hybridized carbons (Fsp3) is 0.308. The third kappa shape index (κ3) is 1.88. The fourth-order valence-corrected chi connectivity index (χ4v) is 2.74. The molecule has 0 aliphatic heterocycles. The summed E-state index contributed by atoms with van der Waals surface area (Å²) in [7, 11) is 0. The SMILES string of the molecule is Nc1onc(C2CCC2)c1-c1ccc(Cl)cc1Cl. The van der Waals surface area contributed by atoms with Crippen LogP contribution in [0.4, 0.5) is 5.88 Å². The largest absolute Gasteiger partial charge is 0.367 e. The minimum Gasteiger partial charge on any atom is -0.367 e. The molecule has 0 spiro atoms. The summed E-state index contributed by atoms with van der Waals surface area (Å²) in [5.74, 6) is 0.758. The highest BCUT2D eigenvalue weighted by Gasteiger charge is 2.29. The molecular formula is C13H12Cl2N2O. The lowest BCUT2D eigenvalue weighted by atomic mass is 9.80. The van der Waals surface area contributed by atoms with Crippen LogP contribution in [0.15, 0.2) is 22.7 Å². The monoisotopic (exact) mass is 282 g/mol. The second-order valence-electron chi connectivity index (χ2n) is 4.56. The average molecular weight is 283 g/mol. The lowest BCUT2D eigenvalue weighted by Crippen LogP contribution is -2.10. The topological polar surface area (TPSA) is 52.0 Å². The van der Waals surface area contributed by atoms with E-state index in [0.29, 0.717) is 21.8 Å². The van der Waals surface area contributed by atoms with E-state index in [0.717, 1.165) is 29.7 Å². The average Bonchev–Trinajstić information content (AvgIpc) is 2.59. The van der Waals surface area contributed by atoms with Gasteiger partial charge in [0.1, 0.15) is 0 Å². The van der Waals surface area contributed by atoms with Gasteiger partial charge in [0.25, 0.3) is 0 Å². The molecule has 1 saturated carbocycles. The number of aromatic nitrogens is 1. The molecule has 1 aromatic carbocycles. The zero-order valence-corrected chi connectivity index (χ0v) is 11.1. The number of benzene rings is 1. The van der Waals surface area contributed by atoms with E-state index in [2.05, 4.69) is 5.16 Å². The molecule has 1 aliphatic rings. The number of halogens is 2. The van der Waals surface area contributed by atoms with Gasteiger partial charge in [0.05, 0.1) is 16.3 Å². The third-order valence-electron chi connectivity index (χ3n) is 3.44. The number of nitrogen functional groups attached to an aromatic ring is 1. The molecule has 1 aromatic heterocycles. The fourth-order valence-electron chi connectivity index (χ4n) is 2.24. The van der Waals surface area contributed by atoms with Gasteiger partial charge in [0, 0.05) is 16.5 Å². The van der Waals surface area contributed by atoms with Gasteiger partial charge in [-0.1, -0.05) is 40.8 Å². The van der Waals surface area contributed by atoms with Gasteiger partial charge < -0.3 is 10.3 Å². The summed E-state index contributed by atoms with van der Waals surface area (Å²) in [4.78, 5) is 0. The van der Waals surface area contributed by atoms with E-state index in [1.54, 1.807) is 12.1 Å². The molecule has 18 heavy (non-hydrogen) atoms. The molecule has 1 aliphatic carbocycles. The van der Waals surface area contributed by atoms with Gasteiger partial charge in [-0.15, -0.1) is 0 Å². The van der Waals surface area contributed by atoms with E-state index in [1.165, 1.54) is 6.42 Å². The zero-order chi connectivity index (χ0) is 12.7. The van der Waals surface area contributed by atoms with Crippen molar-refractivity contribution in [3.05, 3.63) is 33.9 Å². The zero-order valence-electron chi connectivity index (χ0n) is 9.62. The third-order valence-corrected chi connectivity index (χ3v) is 3.99. The Morgan fingerprint density at radius 3 is 2.67 bits per heavy atom. The number of nitrogens with two attached hydrogens (primary N) is 1. The van der Waals surface area contributed by atoms with Crippen LogP contribution in [0.3, 0.4) is 0 Å². The molecule has 0 radical (unpaired) electrons. The molecule has 2 N–H and O–H groups in total. The Kier molecular flexibility index (Phi) is 2.96. The first-order valence-corrected chi connectivity index (χ1v) is 6.63. The summed E-state index contributed by atoms with van der Waals surface area (Å²) in [6.07, 6.45) is 3.49. The van der Waals surface area contributed by atoms with E-state index in [4.69, 9.17) is 33.5 Å². The molecule has 2 aromatic rings. The van der Waals surface area contributed by atoms with Gasteiger partial charge in [-0.25, -0.2) is 0 Å². The van der Waals surface area contributed by atoms with Crippen molar-refractivity contribution >= 4 is 29.1 Å². The van der Waals surface area contributed by atoms with Crippen molar-refractivity contribution in [2.45, 2.75) is 25.2 Å². The first kappa shape index (κ1) is 11.9. The summed E-state index contributed by atoms with van der Waals surface area (Å²) >= 11 is 12.1. The van der Waals surface area contributed by atoms with Crippen molar-refractivity contribution in [3.63, 3.8) is 0 Å². The Labute approximate surface area is 115 Å². The van der Waals surface area contributed by atoms with Crippen LogP contribution >= 0.6 is 23.2 Å². The maximum atomic E-state index is 6.22. The van der Waals surface area contributed by atoms with Gasteiger partial charge in [-0.2, -0.15) is 0 Å². The summed E-state index contributed by atoms with van der Waals surface area (Å²) in [5, 5.41) is 5.25. The van der Waals surface area contributed by atoms with Crippen LogP contribution in [0.5, 0.6) is 0 Å². The lowest BCUT2D eigenvalue weighted by Gasteiger charge is -2.24. The first-order valence-electron chi connectivity index (χ1n) is 5.87. The lowest BCUT2D eigenvalue weighted by molar-refractivity contribution is 0.369. The molecule has 0 bridgehead atoms. The van der Waals surface area contributed by atoms with E-state index < -0.39 is 0 Å². The van der Waals surface area contributed by atoms with Gasteiger partial charge >= 0.3 is 0 Å². The summed E-state index contributed by atoms with van der Waals surface area (Å²) in [6, 6.07) is 5.35. The number of rotatable bonds is 2.